The summed E-state index contributed by atoms with van der Waals surface area (Å²) in [5.41, 5.74) is 5.42. The molecule has 2 bridgehead atoms. The van der Waals surface area contributed by atoms with Crippen molar-refractivity contribution < 1.29 is 5.11 Å². The third kappa shape index (κ3) is 1.33. The molecule has 1 aliphatic carbocycles. The lowest BCUT2D eigenvalue weighted by molar-refractivity contribution is 0.114. The normalized spacial score (nSPS) is 40.5. The average Bonchev–Trinajstić information content (AvgIpc) is 3.11. The van der Waals surface area contributed by atoms with E-state index in [1.165, 1.54) is 23.3 Å². The molecule has 0 radical (unpaired) electrons. The maximum absolute atomic E-state index is 10.1. The Hall–Kier alpha value is -1.45. The van der Waals surface area contributed by atoms with E-state index in [2.05, 4.69) is 42.2 Å². The minimum absolute atomic E-state index is 0.0831. The zero-order valence-corrected chi connectivity index (χ0v) is 13.0. The lowest BCUT2D eigenvalue weighted by Crippen LogP contribution is -2.59. The molecule has 1 spiro atoms. The molecule has 3 aliphatic heterocycles. The van der Waals surface area contributed by atoms with Crippen LogP contribution in [0.2, 0.25) is 0 Å². The molecular formula is C19H22N2O. The summed E-state index contributed by atoms with van der Waals surface area (Å²) < 4.78 is 0. The summed E-state index contributed by atoms with van der Waals surface area (Å²) in [6.07, 6.45) is 4.61. The Bertz CT molecular complexity index is 707. The second-order valence-corrected chi connectivity index (χ2v) is 7.22. The van der Waals surface area contributed by atoms with Crippen LogP contribution in [0, 0.1) is 11.8 Å². The van der Waals surface area contributed by atoms with Crippen LogP contribution in [0.25, 0.3) is 0 Å². The summed E-state index contributed by atoms with van der Waals surface area (Å²) >= 11 is 0. The molecule has 0 unspecified atom stereocenters. The highest BCUT2D eigenvalue weighted by atomic mass is 16.3. The Balaban J connectivity index is 1.75. The Kier molecular flexibility index (Phi) is 2.55. The second kappa shape index (κ2) is 4.30. The molecule has 2 saturated heterocycles. The van der Waals surface area contributed by atoms with Crippen molar-refractivity contribution in [2.75, 3.05) is 19.7 Å². The van der Waals surface area contributed by atoms with Crippen LogP contribution in [0.15, 0.2) is 40.9 Å². The number of hydrogen-bond donors (Lipinski definition) is 1. The van der Waals surface area contributed by atoms with Gasteiger partial charge in [0.2, 0.25) is 0 Å². The number of hydrogen-bond acceptors (Lipinski definition) is 3. The molecule has 1 aromatic carbocycles. The Morgan fingerprint density at radius 1 is 1.41 bits per heavy atom. The topological polar surface area (TPSA) is 35.8 Å². The van der Waals surface area contributed by atoms with Gasteiger partial charge in [0.1, 0.15) is 0 Å². The SMILES string of the molecule is C/C=C1/CN2CC[C@@]34C(=Nc5ccccc53)[C@@H](CO)[C@H]1C[C@H]24. The van der Waals surface area contributed by atoms with Gasteiger partial charge in [-0.3, -0.25) is 9.89 Å². The first kappa shape index (κ1) is 13.0. The van der Waals surface area contributed by atoms with E-state index in [1.54, 1.807) is 0 Å². The summed E-state index contributed by atoms with van der Waals surface area (Å²) in [4.78, 5) is 7.71. The van der Waals surface area contributed by atoms with Crippen LogP contribution in [-0.4, -0.2) is 41.5 Å². The molecule has 3 nitrogen and oxygen atoms in total. The maximum atomic E-state index is 10.1. The summed E-state index contributed by atoms with van der Waals surface area (Å²) in [6, 6.07) is 9.23. The maximum Gasteiger partial charge on any atom is 0.0671 e. The van der Waals surface area contributed by atoms with Crippen molar-refractivity contribution in [3.63, 3.8) is 0 Å². The smallest absolute Gasteiger partial charge is 0.0671 e. The van der Waals surface area contributed by atoms with Gasteiger partial charge in [0.15, 0.2) is 0 Å². The fourth-order valence-electron chi connectivity index (χ4n) is 5.71. The summed E-state index contributed by atoms with van der Waals surface area (Å²) in [5, 5.41) is 10.1. The van der Waals surface area contributed by atoms with E-state index in [4.69, 9.17) is 4.99 Å². The lowest BCUT2D eigenvalue weighted by Gasteiger charge is -2.52. The van der Waals surface area contributed by atoms with E-state index in [9.17, 15) is 5.11 Å². The molecule has 3 heterocycles. The van der Waals surface area contributed by atoms with Crippen molar-refractivity contribution >= 4 is 11.4 Å². The van der Waals surface area contributed by atoms with Crippen molar-refractivity contribution in [2.45, 2.75) is 31.2 Å². The van der Waals surface area contributed by atoms with E-state index in [-0.39, 0.29) is 17.9 Å². The molecule has 1 aromatic rings. The van der Waals surface area contributed by atoms with Crippen LogP contribution in [0.3, 0.4) is 0 Å². The van der Waals surface area contributed by atoms with Crippen molar-refractivity contribution in [1.29, 1.82) is 0 Å². The van der Waals surface area contributed by atoms with Crippen molar-refractivity contribution in [1.82, 2.24) is 4.90 Å². The van der Waals surface area contributed by atoms with Gasteiger partial charge in [0, 0.05) is 30.8 Å². The lowest BCUT2D eigenvalue weighted by atomic mass is 9.57. The van der Waals surface area contributed by atoms with Gasteiger partial charge >= 0.3 is 0 Å². The van der Waals surface area contributed by atoms with Crippen molar-refractivity contribution in [3.8, 4) is 0 Å². The number of piperidine rings is 1. The van der Waals surface area contributed by atoms with Gasteiger partial charge in [-0.25, -0.2) is 0 Å². The number of aliphatic hydroxyl groups is 1. The fourth-order valence-corrected chi connectivity index (χ4v) is 5.71. The van der Waals surface area contributed by atoms with Gasteiger partial charge in [0.05, 0.1) is 17.7 Å². The molecule has 1 N–H and O–H groups in total. The molecule has 114 valence electrons. The van der Waals surface area contributed by atoms with Crippen LogP contribution in [0.5, 0.6) is 0 Å². The molecule has 0 aromatic heterocycles. The molecule has 22 heavy (non-hydrogen) atoms. The van der Waals surface area contributed by atoms with Gasteiger partial charge in [0.25, 0.3) is 0 Å². The third-order valence-corrected chi connectivity index (χ3v) is 6.63. The number of aliphatic hydroxyl groups excluding tert-OH is 1. The van der Waals surface area contributed by atoms with Gasteiger partial charge < -0.3 is 5.11 Å². The standard InChI is InChI=1S/C19H22N2O/c1-2-12-10-21-8-7-19-15-5-3-4-6-16(15)20-18(19)14(11-22)13(12)9-17(19)21/h2-6,13-14,17,22H,7-11H2,1H3/b12-2-/t13-,14-,17-,19+/m0/s1. The van der Waals surface area contributed by atoms with E-state index in [0.717, 1.165) is 25.2 Å². The van der Waals surface area contributed by atoms with E-state index >= 15 is 0 Å². The van der Waals surface area contributed by atoms with Gasteiger partial charge in [-0.15, -0.1) is 0 Å². The van der Waals surface area contributed by atoms with Crippen molar-refractivity contribution in [2.24, 2.45) is 16.8 Å². The molecule has 3 heteroatoms. The number of nitrogens with zero attached hydrogens (tertiary/aromatic N) is 2. The third-order valence-electron chi connectivity index (χ3n) is 6.63. The Morgan fingerprint density at radius 2 is 2.27 bits per heavy atom. The van der Waals surface area contributed by atoms with E-state index in [1.807, 2.05) is 0 Å². The largest absolute Gasteiger partial charge is 0.396 e. The predicted molar refractivity (Wildman–Crippen MR) is 87.6 cm³/mol. The average molecular weight is 294 g/mol. The van der Waals surface area contributed by atoms with Gasteiger partial charge in [-0.2, -0.15) is 0 Å². The van der Waals surface area contributed by atoms with E-state index in [0.29, 0.717) is 12.0 Å². The highest BCUT2D eigenvalue weighted by Gasteiger charge is 2.62. The first-order chi connectivity index (χ1) is 10.8. The number of allylic oxidation sites excluding steroid dienone is 1. The highest BCUT2D eigenvalue weighted by Crippen LogP contribution is 2.59. The summed E-state index contributed by atoms with van der Waals surface area (Å²) in [7, 11) is 0. The Morgan fingerprint density at radius 3 is 3.09 bits per heavy atom. The molecule has 4 aliphatic rings. The van der Waals surface area contributed by atoms with Crippen LogP contribution < -0.4 is 0 Å². The Labute approximate surface area is 131 Å². The first-order valence-electron chi connectivity index (χ1n) is 8.48. The van der Waals surface area contributed by atoms with Crippen molar-refractivity contribution in [3.05, 3.63) is 41.5 Å². The zero-order chi connectivity index (χ0) is 14.9. The number of para-hydroxylation sites is 1. The summed E-state index contributed by atoms with van der Waals surface area (Å²) in [6.45, 7) is 4.61. The minimum atomic E-state index is 0.0831. The van der Waals surface area contributed by atoms with Gasteiger partial charge in [-0.05, 0) is 37.3 Å². The number of benzene rings is 1. The van der Waals surface area contributed by atoms with Crippen LogP contribution >= 0.6 is 0 Å². The quantitative estimate of drug-likeness (QED) is 0.808. The predicted octanol–water partition coefficient (Wildman–Crippen LogP) is 2.67. The highest BCUT2D eigenvalue weighted by molar-refractivity contribution is 6.05. The molecule has 1 saturated carbocycles. The second-order valence-electron chi connectivity index (χ2n) is 7.22. The first-order valence-corrected chi connectivity index (χ1v) is 8.48. The number of aliphatic imine (C=N–C) groups is 1. The molecule has 5 rings (SSSR count). The van der Waals surface area contributed by atoms with E-state index < -0.39 is 0 Å². The number of fused-ring (bicyclic) bond motifs is 2. The minimum Gasteiger partial charge on any atom is -0.396 e. The monoisotopic (exact) mass is 294 g/mol. The van der Waals surface area contributed by atoms with Crippen LogP contribution in [-0.2, 0) is 5.41 Å². The van der Waals surface area contributed by atoms with Crippen LogP contribution in [0.4, 0.5) is 5.69 Å². The molecule has 4 atom stereocenters. The fraction of sp³-hybridized carbons (Fsp3) is 0.526. The number of rotatable bonds is 1. The molecular weight excluding hydrogens is 272 g/mol. The van der Waals surface area contributed by atoms with Crippen LogP contribution in [0.1, 0.15) is 25.3 Å². The van der Waals surface area contributed by atoms with Gasteiger partial charge in [-0.1, -0.05) is 29.8 Å². The molecule has 0 amide bonds. The molecule has 3 fully saturated rings. The summed E-state index contributed by atoms with van der Waals surface area (Å²) in [5.74, 6) is 0.686. The zero-order valence-electron chi connectivity index (χ0n) is 13.0.